The van der Waals surface area contributed by atoms with E-state index in [9.17, 15) is 0 Å². The zero-order valence-corrected chi connectivity index (χ0v) is 16.1. The molecule has 8 heteroatoms. The van der Waals surface area contributed by atoms with E-state index in [0.29, 0.717) is 6.10 Å². The van der Waals surface area contributed by atoms with Gasteiger partial charge in [0.2, 0.25) is 0 Å². The van der Waals surface area contributed by atoms with Crippen molar-refractivity contribution in [3.8, 4) is 0 Å². The summed E-state index contributed by atoms with van der Waals surface area (Å²) in [5.74, 6) is 0.811. The van der Waals surface area contributed by atoms with Gasteiger partial charge >= 0.3 is 0 Å². The highest BCUT2D eigenvalue weighted by molar-refractivity contribution is 14.0. The fraction of sp³-hybridized carbons (Fsp3) is 0.733. The number of aromatic nitrogens is 2. The minimum Gasteiger partial charge on any atom is -0.379 e. The van der Waals surface area contributed by atoms with Gasteiger partial charge in [-0.2, -0.15) is 5.10 Å². The predicted molar refractivity (Wildman–Crippen MR) is 101 cm³/mol. The summed E-state index contributed by atoms with van der Waals surface area (Å²) in [6.45, 7) is 4.80. The molecule has 2 rings (SSSR count). The topological polar surface area (TPSA) is 72.7 Å². The van der Waals surface area contributed by atoms with Gasteiger partial charge in [-0.25, -0.2) is 0 Å². The molecule has 1 fully saturated rings. The number of nitrogens with one attached hydrogen (secondary N) is 2. The Hall–Kier alpha value is -0.870. The Morgan fingerprint density at radius 2 is 2.30 bits per heavy atom. The third kappa shape index (κ3) is 8.52. The Morgan fingerprint density at radius 3 is 3.00 bits per heavy atom. The molecular formula is C15H28IN5O2. The Balaban J connectivity index is 0.00000264. The van der Waals surface area contributed by atoms with Crippen molar-refractivity contribution < 1.29 is 9.47 Å². The van der Waals surface area contributed by atoms with Crippen molar-refractivity contribution in [2.75, 3.05) is 40.0 Å². The third-order valence-electron chi connectivity index (χ3n) is 3.50. The molecule has 0 amide bonds. The number of nitrogens with zero attached hydrogens (tertiary/aromatic N) is 3. The van der Waals surface area contributed by atoms with Crippen LogP contribution in [0.1, 0.15) is 19.3 Å². The monoisotopic (exact) mass is 437 g/mol. The predicted octanol–water partition coefficient (Wildman–Crippen LogP) is 1.25. The average molecular weight is 437 g/mol. The SMILES string of the molecule is CN=C(NCCCOCC1CCCO1)NCCn1cccn1.I. The van der Waals surface area contributed by atoms with Gasteiger partial charge in [0, 0.05) is 45.7 Å². The van der Waals surface area contributed by atoms with Gasteiger partial charge in [-0.15, -0.1) is 24.0 Å². The molecule has 1 saturated heterocycles. The Labute approximate surface area is 155 Å². The first kappa shape index (κ1) is 20.2. The number of guanidine groups is 1. The van der Waals surface area contributed by atoms with Crippen LogP contribution in [0.15, 0.2) is 23.5 Å². The van der Waals surface area contributed by atoms with Gasteiger partial charge in [0.15, 0.2) is 5.96 Å². The molecule has 2 heterocycles. The van der Waals surface area contributed by atoms with Gasteiger partial charge in [-0.05, 0) is 25.3 Å². The molecule has 2 N–H and O–H groups in total. The molecular weight excluding hydrogens is 409 g/mol. The van der Waals surface area contributed by atoms with E-state index >= 15 is 0 Å². The van der Waals surface area contributed by atoms with Crippen molar-refractivity contribution in [1.82, 2.24) is 20.4 Å². The van der Waals surface area contributed by atoms with Gasteiger partial charge in [0.25, 0.3) is 0 Å². The average Bonchev–Trinajstić information content (AvgIpc) is 3.22. The van der Waals surface area contributed by atoms with E-state index in [2.05, 4.69) is 20.7 Å². The van der Waals surface area contributed by atoms with Crippen LogP contribution in [-0.2, 0) is 16.0 Å². The molecule has 23 heavy (non-hydrogen) atoms. The lowest BCUT2D eigenvalue weighted by atomic mass is 10.2. The lowest BCUT2D eigenvalue weighted by Gasteiger charge is -2.13. The van der Waals surface area contributed by atoms with Crippen molar-refractivity contribution in [1.29, 1.82) is 0 Å². The Kier molecular flexibility index (Phi) is 11.0. The lowest BCUT2D eigenvalue weighted by Crippen LogP contribution is -2.39. The Morgan fingerprint density at radius 1 is 1.43 bits per heavy atom. The van der Waals surface area contributed by atoms with Crippen LogP contribution in [0.4, 0.5) is 0 Å². The number of ether oxygens (including phenoxy) is 2. The maximum absolute atomic E-state index is 5.63. The fourth-order valence-corrected chi connectivity index (χ4v) is 2.31. The standard InChI is InChI=1S/C15H27N5O2.HI/c1-16-15(18-8-10-20-9-3-7-19-20)17-6-4-11-21-13-14-5-2-12-22-14;/h3,7,9,14H,2,4-6,8,10-13H2,1H3,(H2,16,17,18);1H. The van der Waals surface area contributed by atoms with Crippen LogP contribution in [0.3, 0.4) is 0 Å². The summed E-state index contributed by atoms with van der Waals surface area (Å²) in [4.78, 5) is 4.19. The molecule has 1 aromatic heterocycles. The highest BCUT2D eigenvalue weighted by Gasteiger charge is 2.14. The molecule has 132 valence electrons. The van der Waals surface area contributed by atoms with Crippen molar-refractivity contribution >= 4 is 29.9 Å². The van der Waals surface area contributed by atoms with Crippen molar-refractivity contribution in [2.45, 2.75) is 31.9 Å². The van der Waals surface area contributed by atoms with E-state index < -0.39 is 0 Å². The Bertz CT molecular complexity index is 422. The first-order valence-corrected chi connectivity index (χ1v) is 8.00. The molecule has 7 nitrogen and oxygen atoms in total. The molecule has 1 aromatic rings. The largest absolute Gasteiger partial charge is 0.379 e. The first-order chi connectivity index (χ1) is 10.9. The smallest absolute Gasteiger partial charge is 0.191 e. The zero-order chi connectivity index (χ0) is 15.5. The molecule has 1 aliphatic rings. The molecule has 0 radical (unpaired) electrons. The van der Waals surface area contributed by atoms with Crippen molar-refractivity contribution in [3.63, 3.8) is 0 Å². The minimum absolute atomic E-state index is 0. The van der Waals surface area contributed by atoms with Crippen LogP contribution in [0.25, 0.3) is 0 Å². The van der Waals surface area contributed by atoms with Crippen LogP contribution in [0.5, 0.6) is 0 Å². The second-order valence-corrected chi connectivity index (χ2v) is 5.26. The summed E-state index contributed by atoms with van der Waals surface area (Å²) in [6, 6.07) is 1.92. The van der Waals surface area contributed by atoms with Gasteiger partial charge in [0.05, 0.1) is 19.3 Å². The molecule has 0 aromatic carbocycles. The molecule has 0 aliphatic carbocycles. The summed E-state index contributed by atoms with van der Waals surface area (Å²) in [5.41, 5.74) is 0. The summed E-state index contributed by atoms with van der Waals surface area (Å²) >= 11 is 0. The molecule has 0 saturated carbocycles. The van der Waals surface area contributed by atoms with Crippen LogP contribution in [0, 0.1) is 0 Å². The first-order valence-electron chi connectivity index (χ1n) is 8.00. The van der Waals surface area contributed by atoms with E-state index in [1.165, 1.54) is 0 Å². The third-order valence-corrected chi connectivity index (χ3v) is 3.50. The normalized spacial score (nSPS) is 17.8. The van der Waals surface area contributed by atoms with E-state index in [1.54, 1.807) is 13.2 Å². The maximum atomic E-state index is 5.63. The molecule has 1 unspecified atom stereocenters. The van der Waals surface area contributed by atoms with E-state index in [4.69, 9.17) is 9.47 Å². The van der Waals surface area contributed by atoms with Crippen LogP contribution in [0.2, 0.25) is 0 Å². The van der Waals surface area contributed by atoms with E-state index in [0.717, 1.165) is 64.7 Å². The van der Waals surface area contributed by atoms with E-state index in [-0.39, 0.29) is 24.0 Å². The number of aliphatic imine (C=N–C) groups is 1. The molecule has 0 bridgehead atoms. The number of hydrogen-bond donors (Lipinski definition) is 2. The number of halogens is 1. The highest BCUT2D eigenvalue weighted by Crippen LogP contribution is 2.11. The highest BCUT2D eigenvalue weighted by atomic mass is 127. The summed E-state index contributed by atoms with van der Waals surface area (Å²) in [7, 11) is 1.77. The van der Waals surface area contributed by atoms with Gasteiger partial charge in [0.1, 0.15) is 0 Å². The summed E-state index contributed by atoms with van der Waals surface area (Å²) in [6.07, 6.45) is 7.28. The lowest BCUT2D eigenvalue weighted by molar-refractivity contribution is 0.0168. The van der Waals surface area contributed by atoms with Crippen molar-refractivity contribution in [3.05, 3.63) is 18.5 Å². The number of hydrogen-bond acceptors (Lipinski definition) is 4. The van der Waals surface area contributed by atoms with Gasteiger partial charge in [-0.3, -0.25) is 9.67 Å². The summed E-state index contributed by atoms with van der Waals surface area (Å²) < 4.78 is 13.0. The van der Waals surface area contributed by atoms with E-state index in [1.807, 2.05) is 16.9 Å². The molecule has 1 aliphatic heterocycles. The maximum Gasteiger partial charge on any atom is 0.191 e. The quantitative estimate of drug-likeness (QED) is 0.263. The van der Waals surface area contributed by atoms with Crippen LogP contribution < -0.4 is 10.6 Å². The van der Waals surface area contributed by atoms with Crippen molar-refractivity contribution in [2.24, 2.45) is 4.99 Å². The van der Waals surface area contributed by atoms with Gasteiger partial charge in [-0.1, -0.05) is 0 Å². The second kappa shape index (κ2) is 12.5. The van der Waals surface area contributed by atoms with Gasteiger partial charge < -0.3 is 20.1 Å². The molecule has 1 atom stereocenters. The zero-order valence-electron chi connectivity index (χ0n) is 13.7. The summed E-state index contributed by atoms with van der Waals surface area (Å²) in [5, 5.41) is 10.7. The van der Waals surface area contributed by atoms with Crippen LogP contribution in [-0.4, -0.2) is 61.8 Å². The fourth-order valence-electron chi connectivity index (χ4n) is 2.31. The minimum atomic E-state index is 0. The molecule has 0 spiro atoms. The van der Waals surface area contributed by atoms with Crippen LogP contribution >= 0.6 is 24.0 Å². The second-order valence-electron chi connectivity index (χ2n) is 5.26. The number of rotatable bonds is 9.